The zero-order valence-electron chi connectivity index (χ0n) is 13.0. The Morgan fingerprint density at radius 1 is 0.952 bits per heavy atom. The number of aliphatic hydroxyl groups is 1. The van der Waals surface area contributed by atoms with Crippen molar-refractivity contribution < 1.29 is 14.6 Å². The summed E-state index contributed by atoms with van der Waals surface area (Å²) in [5, 5.41) is 8.88. The minimum absolute atomic E-state index is 0.282. The topological polar surface area (TPSA) is 45.2 Å². The Labute approximate surface area is 127 Å². The van der Waals surface area contributed by atoms with E-state index in [0.29, 0.717) is 0 Å². The summed E-state index contributed by atoms with van der Waals surface area (Å²) in [5.74, 6) is 1.68. The highest BCUT2D eigenvalue weighted by molar-refractivity contribution is 5.38. The van der Waals surface area contributed by atoms with Gasteiger partial charge in [0.1, 0.15) is 11.5 Å². The van der Waals surface area contributed by atoms with Crippen LogP contribution in [-0.2, 0) is 6.54 Å². The fourth-order valence-corrected chi connectivity index (χ4v) is 2.68. The standard InChI is InChI=1S/C16H26N2O3/c1-20-15-10-14(11-16(12-15)21-2)13-18-7-5-17(6-8-18)4-3-9-19/h10-12,19H,3-9,13H2,1-2H3. The third-order valence-corrected chi connectivity index (χ3v) is 3.91. The largest absolute Gasteiger partial charge is 0.497 e. The third-order valence-electron chi connectivity index (χ3n) is 3.91. The molecule has 1 N–H and O–H groups in total. The summed E-state index contributed by atoms with van der Waals surface area (Å²) in [6.07, 6.45) is 0.868. The summed E-state index contributed by atoms with van der Waals surface area (Å²) in [6, 6.07) is 6.04. The number of aliphatic hydroxyl groups excluding tert-OH is 1. The monoisotopic (exact) mass is 294 g/mol. The van der Waals surface area contributed by atoms with E-state index in [4.69, 9.17) is 14.6 Å². The van der Waals surface area contributed by atoms with Crippen LogP contribution in [0, 0.1) is 0 Å². The summed E-state index contributed by atoms with van der Waals surface area (Å²) in [7, 11) is 3.36. The van der Waals surface area contributed by atoms with E-state index in [1.807, 2.05) is 6.07 Å². The van der Waals surface area contributed by atoms with E-state index in [0.717, 1.165) is 57.2 Å². The second-order valence-electron chi connectivity index (χ2n) is 5.42. The fraction of sp³-hybridized carbons (Fsp3) is 0.625. The van der Waals surface area contributed by atoms with Gasteiger partial charge in [0.15, 0.2) is 0 Å². The molecule has 1 saturated heterocycles. The van der Waals surface area contributed by atoms with Crippen molar-refractivity contribution in [2.75, 3.05) is 53.6 Å². The Bertz CT molecular complexity index is 409. The zero-order valence-corrected chi connectivity index (χ0v) is 13.0. The van der Waals surface area contributed by atoms with Crippen molar-refractivity contribution in [3.8, 4) is 11.5 Å². The lowest BCUT2D eigenvalue weighted by atomic mass is 10.1. The van der Waals surface area contributed by atoms with Crippen molar-refractivity contribution in [3.05, 3.63) is 23.8 Å². The Balaban J connectivity index is 1.88. The average Bonchev–Trinajstić information content (AvgIpc) is 2.53. The Kier molecular flexibility index (Phi) is 6.29. The van der Waals surface area contributed by atoms with Crippen LogP contribution in [0.3, 0.4) is 0 Å². The second-order valence-corrected chi connectivity index (χ2v) is 5.42. The maximum Gasteiger partial charge on any atom is 0.122 e. The van der Waals surface area contributed by atoms with E-state index >= 15 is 0 Å². The first-order valence-electron chi connectivity index (χ1n) is 7.52. The van der Waals surface area contributed by atoms with Crippen LogP contribution >= 0.6 is 0 Å². The first-order chi connectivity index (χ1) is 10.2. The van der Waals surface area contributed by atoms with Gasteiger partial charge >= 0.3 is 0 Å². The van der Waals surface area contributed by atoms with Crippen molar-refractivity contribution in [2.45, 2.75) is 13.0 Å². The van der Waals surface area contributed by atoms with E-state index in [-0.39, 0.29) is 6.61 Å². The third kappa shape index (κ3) is 4.88. The van der Waals surface area contributed by atoms with Gasteiger partial charge in [0.2, 0.25) is 0 Å². The van der Waals surface area contributed by atoms with Gasteiger partial charge in [-0.2, -0.15) is 0 Å². The molecule has 1 heterocycles. The van der Waals surface area contributed by atoms with Gasteiger partial charge in [-0.1, -0.05) is 0 Å². The van der Waals surface area contributed by atoms with Crippen molar-refractivity contribution >= 4 is 0 Å². The molecule has 0 saturated carbocycles. The summed E-state index contributed by atoms with van der Waals surface area (Å²) in [6.45, 7) is 6.46. The van der Waals surface area contributed by atoms with Crippen LogP contribution in [0.15, 0.2) is 18.2 Å². The number of hydrogen-bond donors (Lipinski definition) is 1. The molecule has 1 fully saturated rings. The number of hydrogen-bond acceptors (Lipinski definition) is 5. The molecule has 0 unspecified atom stereocenters. The van der Waals surface area contributed by atoms with Gasteiger partial charge in [-0.15, -0.1) is 0 Å². The quantitative estimate of drug-likeness (QED) is 0.819. The molecule has 1 aromatic rings. The molecule has 0 amide bonds. The van der Waals surface area contributed by atoms with E-state index in [1.165, 1.54) is 5.56 Å². The SMILES string of the molecule is COc1cc(CN2CCN(CCCO)CC2)cc(OC)c1. The highest BCUT2D eigenvalue weighted by atomic mass is 16.5. The predicted molar refractivity (Wildman–Crippen MR) is 83.0 cm³/mol. The molecule has 0 radical (unpaired) electrons. The molecular weight excluding hydrogens is 268 g/mol. The van der Waals surface area contributed by atoms with Gasteiger partial charge in [0.05, 0.1) is 14.2 Å². The van der Waals surface area contributed by atoms with Gasteiger partial charge in [0, 0.05) is 51.9 Å². The maximum absolute atomic E-state index is 8.88. The fourth-order valence-electron chi connectivity index (χ4n) is 2.68. The van der Waals surface area contributed by atoms with E-state index < -0.39 is 0 Å². The lowest BCUT2D eigenvalue weighted by Gasteiger charge is -2.34. The molecule has 2 rings (SSSR count). The predicted octanol–water partition coefficient (Wildman–Crippen LogP) is 1.20. The number of methoxy groups -OCH3 is 2. The number of nitrogens with zero attached hydrogens (tertiary/aromatic N) is 2. The normalized spacial score (nSPS) is 16.9. The lowest BCUT2D eigenvalue weighted by Crippen LogP contribution is -2.46. The van der Waals surface area contributed by atoms with Crippen LogP contribution in [-0.4, -0.2) is 68.5 Å². The molecule has 0 aliphatic carbocycles. The molecule has 0 aromatic heterocycles. The molecule has 21 heavy (non-hydrogen) atoms. The molecule has 5 nitrogen and oxygen atoms in total. The van der Waals surface area contributed by atoms with E-state index in [2.05, 4.69) is 21.9 Å². The molecular formula is C16H26N2O3. The minimum Gasteiger partial charge on any atom is -0.497 e. The van der Waals surface area contributed by atoms with Crippen LogP contribution in [0.4, 0.5) is 0 Å². The molecule has 1 aliphatic heterocycles. The van der Waals surface area contributed by atoms with Crippen LogP contribution in [0.5, 0.6) is 11.5 Å². The smallest absolute Gasteiger partial charge is 0.122 e. The number of benzene rings is 1. The van der Waals surface area contributed by atoms with Gasteiger partial charge < -0.3 is 19.5 Å². The number of ether oxygens (including phenoxy) is 2. The molecule has 1 aromatic carbocycles. The molecule has 0 spiro atoms. The Morgan fingerprint density at radius 2 is 1.52 bits per heavy atom. The summed E-state index contributed by atoms with van der Waals surface area (Å²) in [5.41, 5.74) is 1.22. The van der Waals surface area contributed by atoms with Crippen molar-refractivity contribution in [2.24, 2.45) is 0 Å². The lowest BCUT2D eigenvalue weighted by molar-refractivity contribution is 0.119. The van der Waals surface area contributed by atoms with Gasteiger partial charge in [-0.05, 0) is 24.1 Å². The van der Waals surface area contributed by atoms with Gasteiger partial charge in [0.25, 0.3) is 0 Å². The average molecular weight is 294 g/mol. The van der Waals surface area contributed by atoms with Crippen molar-refractivity contribution in [1.29, 1.82) is 0 Å². The Hall–Kier alpha value is -1.30. The first-order valence-corrected chi connectivity index (χ1v) is 7.52. The summed E-state index contributed by atoms with van der Waals surface area (Å²) in [4.78, 5) is 4.86. The molecule has 1 aliphatic rings. The van der Waals surface area contributed by atoms with E-state index in [1.54, 1.807) is 14.2 Å². The molecule has 0 atom stereocenters. The highest BCUT2D eigenvalue weighted by Gasteiger charge is 2.17. The van der Waals surface area contributed by atoms with Crippen LogP contribution in [0.25, 0.3) is 0 Å². The molecule has 0 bridgehead atoms. The second kappa shape index (κ2) is 8.22. The van der Waals surface area contributed by atoms with E-state index in [9.17, 15) is 0 Å². The highest BCUT2D eigenvalue weighted by Crippen LogP contribution is 2.23. The molecule has 5 heteroatoms. The summed E-state index contributed by atoms with van der Waals surface area (Å²) >= 11 is 0. The van der Waals surface area contributed by atoms with Crippen molar-refractivity contribution in [3.63, 3.8) is 0 Å². The van der Waals surface area contributed by atoms with Crippen LogP contribution in [0.1, 0.15) is 12.0 Å². The van der Waals surface area contributed by atoms with Crippen LogP contribution in [0.2, 0.25) is 0 Å². The minimum atomic E-state index is 0.282. The van der Waals surface area contributed by atoms with Crippen LogP contribution < -0.4 is 9.47 Å². The molecule has 118 valence electrons. The zero-order chi connectivity index (χ0) is 15.1. The van der Waals surface area contributed by atoms with Gasteiger partial charge in [-0.3, -0.25) is 4.90 Å². The maximum atomic E-state index is 8.88. The van der Waals surface area contributed by atoms with Crippen molar-refractivity contribution in [1.82, 2.24) is 9.80 Å². The first kappa shape index (κ1) is 16.1. The number of rotatable bonds is 7. The number of piperazine rings is 1. The van der Waals surface area contributed by atoms with Gasteiger partial charge in [-0.25, -0.2) is 0 Å². The summed E-state index contributed by atoms with van der Waals surface area (Å²) < 4.78 is 10.6. The Morgan fingerprint density at radius 3 is 2.05 bits per heavy atom.